The maximum atomic E-state index is 13.6. The Morgan fingerprint density at radius 1 is 1.13 bits per heavy atom. The molecule has 0 spiro atoms. The van der Waals surface area contributed by atoms with Gasteiger partial charge in [0.15, 0.2) is 5.43 Å². The van der Waals surface area contributed by atoms with E-state index in [-0.39, 0.29) is 23.2 Å². The van der Waals surface area contributed by atoms with Crippen LogP contribution in [-0.2, 0) is 4.74 Å². The molecule has 1 aliphatic heterocycles. The number of halogens is 1. The number of hydrogen-bond donors (Lipinski definition) is 0. The summed E-state index contributed by atoms with van der Waals surface area (Å²) in [5.41, 5.74) is 3.51. The van der Waals surface area contributed by atoms with Crippen molar-refractivity contribution in [1.82, 2.24) is 4.90 Å². The van der Waals surface area contributed by atoms with E-state index in [2.05, 4.69) is 15.9 Å². The van der Waals surface area contributed by atoms with E-state index in [4.69, 9.17) is 9.15 Å². The molecule has 1 amide bonds. The van der Waals surface area contributed by atoms with E-state index in [1.54, 1.807) is 4.90 Å². The summed E-state index contributed by atoms with van der Waals surface area (Å²) in [6.45, 7) is 8.85. The third-order valence-electron chi connectivity index (χ3n) is 5.58. The lowest BCUT2D eigenvalue weighted by Crippen LogP contribution is -2.31. The van der Waals surface area contributed by atoms with Gasteiger partial charge in [0.2, 0.25) is 5.76 Å². The molecule has 0 saturated heterocycles. The lowest BCUT2D eigenvalue weighted by Gasteiger charge is -2.25. The van der Waals surface area contributed by atoms with E-state index in [9.17, 15) is 9.59 Å². The summed E-state index contributed by atoms with van der Waals surface area (Å²) < 4.78 is 12.7. The lowest BCUT2D eigenvalue weighted by molar-refractivity contribution is 0.0593. The van der Waals surface area contributed by atoms with Crippen molar-refractivity contribution in [2.45, 2.75) is 46.3 Å². The normalized spacial score (nSPS) is 15.9. The quantitative estimate of drug-likeness (QED) is 0.432. The number of rotatable bonds is 6. The van der Waals surface area contributed by atoms with Crippen molar-refractivity contribution >= 4 is 32.8 Å². The van der Waals surface area contributed by atoms with Crippen LogP contribution in [-0.4, -0.2) is 30.1 Å². The molecule has 1 unspecified atom stereocenters. The van der Waals surface area contributed by atoms with Gasteiger partial charge in [-0.1, -0.05) is 34.1 Å². The van der Waals surface area contributed by atoms with Crippen molar-refractivity contribution in [2.24, 2.45) is 0 Å². The summed E-state index contributed by atoms with van der Waals surface area (Å²) >= 11 is 3.46. The molecule has 5 nitrogen and oxygen atoms in total. The molecule has 6 heteroatoms. The first-order valence-electron chi connectivity index (χ1n) is 10.5. The van der Waals surface area contributed by atoms with Gasteiger partial charge in [-0.05, 0) is 69.0 Å². The highest BCUT2D eigenvalue weighted by atomic mass is 79.9. The Balaban J connectivity index is 1.85. The van der Waals surface area contributed by atoms with E-state index < -0.39 is 6.04 Å². The smallest absolute Gasteiger partial charge is 0.290 e. The van der Waals surface area contributed by atoms with Crippen molar-refractivity contribution in [3.63, 3.8) is 0 Å². The van der Waals surface area contributed by atoms with Crippen molar-refractivity contribution in [1.29, 1.82) is 0 Å². The van der Waals surface area contributed by atoms with Crippen LogP contribution < -0.4 is 5.43 Å². The zero-order chi connectivity index (χ0) is 22.3. The minimum Gasteiger partial charge on any atom is -0.450 e. The number of hydrogen-bond acceptors (Lipinski definition) is 4. The Kier molecular flexibility index (Phi) is 6.04. The first kappa shape index (κ1) is 21.8. The molecule has 0 bridgehead atoms. The fourth-order valence-electron chi connectivity index (χ4n) is 4.25. The Bertz CT molecular complexity index is 1200. The van der Waals surface area contributed by atoms with Crippen LogP contribution in [0.5, 0.6) is 0 Å². The maximum absolute atomic E-state index is 13.6. The summed E-state index contributed by atoms with van der Waals surface area (Å²) in [6.07, 6.45) is 0.810. The van der Waals surface area contributed by atoms with Gasteiger partial charge in [-0.25, -0.2) is 0 Å². The summed E-state index contributed by atoms with van der Waals surface area (Å²) in [4.78, 5) is 28.7. The third kappa shape index (κ3) is 4.06. The fraction of sp³-hybridized carbons (Fsp3) is 0.360. The van der Waals surface area contributed by atoms with Gasteiger partial charge in [-0.3, -0.25) is 9.59 Å². The summed E-state index contributed by atoms with van der Waals surface area (Å²) in [7, 11) is 0. The van der Waals surface area contributed by atoms with Crippen molar-refractivity contribution < 1.29 is 13.9 Å². The third-order valence-corrected chi connectivity index (χ3v) is 6.11. The Morgan fingerprint density at radius 2 is 1.84 bits per heavy atom. The van der Waals surface area contributed by atoms with E-state index in [0.717, 1.165) is 21.2 Å². The molecule has 2 aromatic carbocycles. The maximum Gasteiger partial charge on any atom is 0.290 e. The number of carbonyl (C=O) groups excluding carboxylic acids is 1. The number of ether oxygens (including phenoxy) is 1. The second kappa shape index (κ2) is 8.60. The predicted molar refractivity (Wildman–Crippen MR) is 125 cm³/mol. The minimum absolute atomic E-state index is 0.133. The molecule has 0 fully saturated rings. The molecule has 162 valence electrons. The highest BCUT2D eigenvalue weighted by molar-refractivity contribution is 9.10. The highest BCUT2D eigenvalue weighted by Crippen LogP contribution is 2.39. The van der Waals surface area contributed by atoms with E-state index in [0.29, 0.717) is 36.1 Å². The van der Waals surface area contributed by atoms with Gasteiger partial charge in [0, 0.05) is 17.6 Å². The van der Waals surface area contributed by atoms with Crippen LogP contribution in [0.25, 0.3) is 11.0 Å². The molecular formula is C25H26BrNO4. The zero-order valence-electron chi connectivity index (χ0n) is 18.2. The molecule has 3 aromatic rings. The molecule has 0 N–H and O–H groups in total. The highest BCUT2D eigenvalue weighted by Gasteiger charge is 2.42. The van der Waals surface area contributed by atoms with Crippen molar-refractivity contribution in [3.05, 3.63) is 79.1 Å². The van der Waals surface area contributed by atoms with Gasteiger partial charge in [0.1, 0.15) is 5.58 Å². The monoisotopic (exact) mass is 483 g/mol. The molecule has 4 rings (SSSR count). The standard InChI is InChI=1S/C25H26BrNO4/c1-14(2)30-11-5-10-27-21(17-6-8-18(26)9-7-17)20-22(28)19-13-15(3)12-16(4)23(19)31-24(20)25(27)29/h6-9,12-14,21H,5,10-11H2,1-4H3. The number of amides is 1. The lowest BCUT2D eigenvalue weighted by atomic mass is 9.97. The fourth-order valence-corrected chi connectivity index (χ4v) is 4.52. The number of nitrogens with zero attached hydrogens (tertiary/aromatic N) is 1. The van der Waals surface area contributed by atoms with E-state index >= 15 is 0 Å². The van der Waals surface area contributed by atoms with Crippen LogP contribution in [0.4, 0.5) is 0 Å². The van der Waals surface area contributed by atoms with Gasteiger partial charge in [0.05, 0.1) is 23.1 Å². The second-order valence-electron chi connectivity index (χ2n) is 8.36. The van der Waals surface area contributed by atoms with Gasteiger partial charge in [-0.2, -0.15) is 0 Å². The SMILES string of the molecule is Cc1cc(C)c2oc3c(c(=O)c2c1)C(c1ccc(Br)cc1)N(CCCOC(C)C)C3=O. The van der Waals surface area contributed by atoms with E-state index in [1.807, 2.05) is 64.1 Å². The molecule has 0 saturated carbocycles. The van der Waals surface area contributed by atoms with Gasteiger partial charge in [-0.15, -0.1) is 0 Å². The van der Waals surface area contributed by atoms with Crippen molar-refractivity contribution in [3.8, 4) is 0 Å². The number of benzene rings is 2. The Labute approximate surface area is 190 Å². The van der Waals surface area contributed by atoms with E-state index in [1.165, 1.54) is 0 Å². The van der Waals surface area contributed by atoms with Crippen LogP contribution in [0.3, 0.4) is 0 Å². The Hall–Kier alpha value is -2.44. The number of carbonyl (C=O) groups is 1. The molecule has 1 aliphatic rings. The largest absolute Gasteiger partial charge is 0.450 e. The van der Waals surface area contributed by atoms with Crippen LogP contribution in [0, 0.1) is 13.8 Å². The van der Waals surface area contributed by atoms with Crippen LogP contribution >= 0.6 is 15.9 Å². The zero-order valence-corrected chi connectivity index (χ0v) is 19.8. The van der Waals surface area contributed by atoms with Crippen LogP contribution in [0.15, 0.2) is 50.1 Å². The van der Waals surface area contributed by atoms with Gasteiger partial charge in [0.25, 0.3) is 5.91 Å². The molecule has 1 aromatic heterocycles. The average molecular weight is 484 g/mol. The molecule has 1 atom stereocenters. The summed E-state index contributed by atoms with van der Waals surface area (Å²) in [5, 5.41) is 0.524. The second-order valence-corrected chi connectivity index (χ2v) is 9.27. The van der Waals surface area contributed by atoms with Crippen LogP contribution in [0.2, 0.25) is 0 Å². The van der Waals surface area contributed by atoms with Crippen LogP contribution in [0.1, 0.15) is 59.1 Å². The molecular weight excluding hydrogens is 458 g/mol. The van der Waals surface area contributed by atoms with Gasteiger partial charge < -0.3 is 14.1 Å². The molecule has 0 aliphatic carbocycles. The molecule has 31 heavy (non-hydrogen) atoms. The predicted octanol–water partition coefficient (Wildman–Crippen LogP) is 5.53. The summed E-state index contributed by atoms with van der Waals surface area (Å²) in [6, 6.07) is 11.1. The topological polar surface area (TPSA) is 59.8 Å². The summed E-state index contributed by atoms with van der Waals surface area (Å²) in [5.74, 6) is -0.0893. The molecule has 0 radical (unpaired) electrons. The first-order valence-corrected chi connectivity index (χ1v) is 11.3. The van der Waals surface area contributed by atoms with Gasteiger partial charge >= 0.3 is 0 Å². The van der Waals surface area contributed by atoms with Crippen molar-refractivity contribution in [2.75, 3.05) is 13.2 Å². The number of aryl methyl sites for hydroxylation is 2. The minimum atomic E-state index is -0.476. The molecule has 2 heterocycles. The Morgan fingerprint density at radius 3 is 2.52 bits per heavy atom. The average Bonchev–Trinajstić information content (AvgIpc) is 2.99. The number of fused-ring (bicyclic) bond motifs is 2. The first-order chi connectivity index (χ1) is 14.8.